The van der Waals surface area contributed by atoms with Crippen LogP contribution in [0.3, 0.4) is 0 Å². The molecule has 1 heterocycles. The second kappa shape index (κ2) is 3.37. The van der Waals surface area contributed by atoms with Gasteiger partial charge in [0, 0.05) is 16.5 Å². The number of benzene rings is 1. The van der Waals surface area contributed by atoms with Crippen LogP contribution in [0.4, 0.5) is 4.39 Å². The average Bonchev–Trinajstić information content (AvgIpc) is 2.12. The van der Waals surface area contributed by atoms with Crippen molar-refractivity contribution >= 4 is 34.0 Å². The highest BCUT2D eigenvalue weighted by molar-refractivity contribution is 6.35. The maximum atomic E-state index is 13.5. The summed E-state index contributed by atoms with van der Waals surface area (Å²) in [6, 6.07) is 4.76. The molecule has 0 N–H and O–H groups in total. The minimum absolute atomic E-state index is 0.0965. The lowest BCUT2D eigenvalue weighted by atomic mass is 10.1. The number of aryl methyl sites for hydroxylation is 1. The lowest BCUT2D eigenvalue weighted by Crippen LogP contribution is -1.88. The molecule has 0 bridgehead atoms. The fraction of sp³-hybridized carbons (Fsp3) is 0.100. The van der Waals surface area contributed by atoms with E-state index in [1.807, 2.05) is 0 Å². The van der Waals surface area contributed by atoms with Gasteiger partial charge in [0.25, 0.3) is 0 Å². The molecule has 0 unspecified atom stereocenters. The summed E-state index contributed by atoms with van der Waals surface area (Å²) < 4.78 is 13.5. The van der Waals surface area contributed by atoms with E-state index in [1.165, 1.54) is 6.07 Å². The van der Waals surface area contributed by atoms with Gasteiger partial charge in [0.1, 0.15) is 11.0 Å². The molecule has 0 spiro atoms. The maximum absolute atomic E-state index is 13.5. The zero-order valence-electron chi connectivity index (χ0n) is 7.31. The van der Waals surface area contributed by atoms with Gasteiger partial charge in [-0.2, -0.15) is 0 Å². The third kappa shape index (κ3) is 1.45. The van der Waals surface area contributed by atoms with Gasteiger partial charge in [0.05, 0.1) is 5.02 Å². The molecular formula is C10H6Cl2FN. The fourth-order valence-electron chi connectivity index (χ4n) is 1.34. The molecule has 0 aliphatic carbocycles. The van der Waals surface area contributed by atoms with Crippen LogP contribution in [0.25, 0.3) is 10.8 Å². The van der Waals surface area contributed by atoms with Gasteiger partial charge < -0.3 is 0 Å². The van der Waals surface area contributed by atoms with Gasteiger partial charge in [0.15, 0.2) is 0 Å². The number of pyridine rings is 1. The van der Waals surface area contributed by atoms with Crippen molar-refractivity contribution in [1.82, 2.24) is 4.98 Å². The first kappa shape index (κ1) is 9.69. The third-order valence-corrected chi connectivity index (χ3v) is 2.56. The molecule has 0 amide bonds. The highest BCUT2D eigenvalue weighted by Crippen LogP contribution is 2.28. The van der Waals surface area contributed by atoms with Crippen LogP contribution < -0.4 is 0 Å². The third-order valence-electron chi connectivity index (χ3n) is 1.98. The number of rotatable bonds is 0. The SMILES string of the molecule is Cc1cc2c(F)c(Cl)ccc2c(Cl)n1. The van der Waals surface area contributed by atoms with E-state index in [0.717, 1.165) is 0 Å². The highest BCUT2D eigenvalue weighted by Gasteiger charge is 2.09. The molecule has 2 aromatic rings. The van der Waals surface area contributed by atoms with Crippen molar-refractivity contribution in [3.63, 3.8) is 0 Å². The molecule has 1 aromatic carbocycles. The van der Waals surface area contributed by atoms with E-state index in [2.05, 4.69) is 4.98 Å². The molecule has 72 valence electrons. The van der Waals surface area contributed by atoms with Crippen LogP contribution in [-0.4, -0.2) is 4.98 Å². The Morgan fingerprint density at radius 2 is 1.93 bits per heavy atom. The molecule has 0 atom stereocenters. The molecule has 0 saturated heterocycles. The zero-order valence-corrected chi connectivity index (χ0v) is 8.83. The Balaban J connectivity index is 2.95. The van der Waals surface area contributed by atoms with Crippen molar-refractivity contribution in [3.05, 3.63) is 39.9 Å². The van der Waals surface area contributed by atoms with E-state index in [4.69, 9.17) is 23.2 Å². The summed E-state index contributed by atoms with van der Waals surface area (Å²) in [5.74, 6) is -0.448. The Bertz CT molecular complexity index is 511. The number of halogens is 3. The average molecular weight is 230 g/mol. The summed E-state index contributed by atoms with van der Waals surface area (Å²) >= 11 is 11.5. The van der Waals surface area contributed by atoms with Crippen LogP contribution in [-0.2, 0) is 0 Å². The van der Waals surface area contributed by atoms with Gasteiger partial charge >= 0.3 is 0 Å². The Hall–Kier alpha value is -0.860. The Kier molecular flexibility index (Phi) is 2.33. The molecule has 2 rings (SSSR count). The van der Waals surface area contributed by atoms with Crippen molar-refractivity contribution in [2.75, 3.05) is 0 Å². The first-order valence-electron chi connectivity index (χ1n) is 4.00. The van der Waals surface area contributed by atoms with Crippen molar-refractivity contribution in [2.24, 2.45) is 0 Å². The van der Waals surface area contributed by atoms with E-state index in [-0.39, 0.29) is 5.02 Å². The quantitative estimate of drug-likeness (QED) is 0.623. The number of hydrogen-bond acceptors (Lipinski definition) is 1. The van der Waals surface area contributed by atoms with Crippen LogP contribution in [0.1, 0.15) is 5.69 Å². The lowest BCUT2D eigenvalue weighted by molar-refractivity contribution is 0.640. The fourth-order valence-corrected chi connectivity index (χ4v) is 1.81. The summed E-state index contributed by atoms with van der Waals surface area (Å²) in [7, 11) is 0. The Morgan fingerprint density at radius 1 is 1.21 bits per heavy atom. The molecule has 0 aliphatic rings. The normalized spacial score (nSPS) is 10.9. The summed E-state index contributed by atoms with van der Waals surface area (Å²) in [5.41, 5.74) is 0.670. The van der Waals surface area contributed by atoms with E-state index in [9.17, 15) is 4.39 Å². The molecule has 0 fully saturated rings. The van der Waals surface area contributed by atoms with Gasteiger partial charge in [-0.25, -0.2) is 9.37 Å². The van der Waals surface area contributed by atoms with E-state index < -0.39 is 5.82 Å². The zero-order chi connectivity index (χ0) is 10.3. The topological polar surface area (TPSA) is 12.9 Å². The molecule has 0 radical (unpaired) electrons. The number of aromatic nitrogens is 1. The monoisotopic (exact) mass is 229 g/mol. The molecule has 0 saturated carbocycles. The summed E-state index contributed by atoms with van der Waals surface area (Å²) in [5, 5.41) is 1.39. The molecule has 4 heteroatoms. The van der Waals surface area contributed by atoms with Gasteiger partial charge in [-0.1, -0.05) is 23.2 Å². The predicted molar refractivity (Wildman–Crippen MR) is 56.5 cm³/mol. The van der Waals surface area contributed by atoms with Gasteiger partial charge in [-0.05, 0) is 25.1 Å². The van der Waals surface area contributed by atoms with Gasteiger partial charge in [-0.3, -0.25) is 0 Å². The van der Waals surface area contributed by atoms with Crippen LogP contribution in [0, 0.1) is 12.7 Å². The van der Waals surface area contributed by atoms with E-state index in [1.54, 1.807) is 19.1 Å². The van der Waals surface area contributed by atoms with Crippen LogP contribution in [0.2, 0.25) is 10.2 Å². The van der Waals surface area contributed by atoms with Crippen LogP contribution in [0.5, 0.6) is 0 Å². The summed E-state index contributed by atoms with van der Waals surface area (Å²) in [4.78, 5) is 4.03. The van der Waals surface area contributed by atoms with Crippen molar-refractivity contribution in [1.29, 1.82) is 0 Å². The van der Waals surface area contributed by atoms with Crippen molar-refractivity contribution < 1.29 is 4.39 Å². The standard InChI is InChI=1S/C10H6Cl2FN/c1-5-4-7-6(10(12)14-5)2-3-8(11)9(7)13/h2-4H,1H3. The van der Waals surface area contributed by atoms with E-state index in [0.29, 0.717) is 21.6 Å². The van der Waals surface area contributed by atoms with Crippen LogP contribution >= 0.6 is 23.2 Å². The Morgan fingerprint density at radius 3 is 2.64 bits per heavy atom. The summed E-state index contributed by atoms with van der Waals surface area (Å²) in [6.07, 6.45) is 0. The van der Waals surface area contributed by atoms with Gasteiger partial charge in [-0.15, -0.1) is 0 Å². The minimum atomic E-state index is -0.448. The molecule has 1 nitrogen and oxygen atoms in total. The van der Waals surface area contributed by atoms with Crippen molar-refractivity contribution in [2.45, 2.75) is 6.92 Å². The lowest BCUT2D eigenvalue weighted by Gasteiger charge is -2.03. The van der Waals surface area contributed by atoms with Gasteiger partial charge in [0.2, 0.25) is 0 Å². The summed E-state index contributed by atoms with van der Waals surface area (Å²) in [6.45, 7) is 1.76. The molecule has 0 aliphatic heterocycles. The number of fused-ring (bicyclic) bond motifs is 1. The molecule has 1 aromatic heterocycles. The second-order valence-corrected chi connectivity index (χ2v) is 3.78. The smallest absolute Gasteiger partial charge is 0.149 e. The van der Waals surface area contributed by atoms with E-state index >= 15 is 0 Å². The number of nitrogens with zero attached hydrogens (tertiary/aromatic N) is 1. The van der Waals surface area contributed by atoms with Crippen molar-refractivity contribution in [3.8, 4) is 0 Å². The molecule has 14 heavy (non-hydrogen) atoms. The first-order valence-corrected chi connectivity index (χ1v) is 4.76. The second-order valence-electron chi connectivity index (χ2n) is 3.01. The predicted octanol–water partition coefficient (Wildman–Crippen LogP) is 3.99. The first-order chi connectivity index (χ1) is 6.59. The maximum Gasteiger partial charge on any atom is 0.149 e. The number of hydrogen-bond donors (Lipinski definition) is 0. The largest absolute Gasteiger partial charge is 0.241 e. The minimum Gasteiger partial charge on any atom is -0.241 e. The van der Waals surface area contributed by atoms with Crippen LogP contribution in [0.15, 0.2) is 18.2 Å². The Labute approximate surface area is 90.5 Å². The highest BCUT2D eigenvalue weighted by atomic mass is 35.5. The molecular weight excluding hydrogens is 224 g/mol.